The van der Waals surface area contributed by atoms with E-state index in [1.54, 1.807) is 0 Å². The zero-order chi connectivity index (χ0) is 11.9. The average Bonchev–Trinajstić information content (AvgIpc) is 2.57. The maximum absolute atomic E-state index is 4.01. The Balaban J connectivity index is 2.81. The molecule has 0 aromatic rings. The Labute approximate surface area is 96.2 Å². The van der Waals surface area contributed by atoms with Gasteiger partial charge in [0.1, 0.15) is 0 Å². The largest absolute Gasteiger partial charge is 0.103 e. The van der Waals surface area contributed by atoms with Crippen LogP contribution >= 0.6 is 0 Å². The zero-order valence-corrected chi connectivity index (χ0v) is 11.4. The minimum atomic E-state index is 0.463. The van der Waals surface area contributed by atoms with E-state index in [1.807, 2.05) is 0 Å². The minimum Gasteiger partial charge on any atom is -0.103 e. The van der Waals surface area contributed by atoms with Gasteiger partial charge in [0.05, 0.1) is 0 Å². The highest BCUT2D eigenvalue weighted by Crippen LogP contribution is 2.73. The highest BCUT2D eigenvalue weighted by Gasteiger charge is 2.68. The van der Waals surface area contributed by atoms with E-state index in [0.29, 0.717) is 16.7 Å². The van der Waals surface area contributed by atoms with Gasteiger partial charge in [0.15, 0.2) is 0 Å². The van der Waals surface area contributed by atoms with Crippen molar-refractivity contribution < 1.29 is 0 Å². The Kier molecular flexibility index (Phi) is 3.38. The molecule has 0 radical (unpaired) electrons. The Hall–Kier alpha value is -0.260. The van der Waals surface area contributed by atoms with E-state index in [4.69, 9.17) is 0 Å². The van der Waals surface area contributed by atoms with Crippen molar-refractivity contribution in [3.63, 3.8) is 0 Å². The number of hydrogen-bond acceptors (Lipinski definition) is 0. The normalized spacial score (nSPS) is 35.3. The van der Waals surface area contributed by atoms with Gasteiger partial charge in [-0.15, -0.1) is 6.58 Å². The zero-order valence-electron chi connectivity index (χ0n) is 11.4. The lowest BCUT2D eigenvalue weighted by Crippen LogP contribution is -2.19. The first kappa shape index (κ1) is 12.8. The standard InChI is InChI=1S/C15H28/c1-8-12(10-11(3)4)15(7)13(9-2)14(15,5)6/h9,11-13H,2,8,10H2,1,3-7H3. The van der Waals surface area contributed by atoms with Crippen LogP contribution in [0.25, 0.3) is 0 Å². The van der Waals surface area contributed by atoms with Gasteiger partial charge in [-0.25, -0.2) is 0 Å². The van der Waals surface area contributed by atoms with Crippen molar-refractivity contribution in [1.29, 1.82) is 0 Å². The topological polar surface area (TPSA) is 0 Å². The first-order valence-corrected chi connectivity index (χ1v) is 6.44. The van der Waals surface area contributed by atoms with Crippen LogP contribution < -0.4 is 0 Å². The summed E-state index contributed by atoms with van der Waals surface area (Å²) in [4.78, 5) is 0. The Bertz CT molecular complexity index is 236. The quantitative estimate of drug-likeness (QED) is 0.563. The Morgan fingerprint density at radius 2 is 1.80 bits per heavy atom. The molecular weight excluding hydrogens is 180 g/mol. The highest BCUT2D eigenvalue weighted by molar-refractivity contribution is 5.22. The molecule has 0 saturated heterocycles. The summed E-state index contributed by atoms with van der Waals surface area (Å²) in [5.41, 5.74) is 0.956. The third-order valence-electron chi connectivity index (χ3n) is 5.06. The van der Waals surface area contributed by atoms with Crippen LogP contribution in [0.4, 0.5) is 0 Å². The summed E-state index contributed by atoms with van der Waals surface area (Å²) >= 11 is 0. The van der Waals surface area contributed by atoms with Gasteiger partial charge >= 0.3 is 0 Å². The van der Waals surface area contributed by atoms with Crippen LogP contribution in [0.5, 0.6) is 0 Å². The third-order valence-corrected chi connectivity index (χ3v) is 5.06. The van der Waals surface area contributed by atoms with Crippen LogP contribution in [0, 0.1) is 28.6 Å². The van der Waals surface area contributed by atoms with Gasteiger partial charge in [-0.05, 0) is 35.0 Å². The molecule has 88 valence electrons. The van der Waals surface area contributed by atoms with Crippen LogP contribution in [0.1, 0.15) is 54.4 Å². The fraction of sp³-hybridized carbons (Fsp3) is 0.867. The summed E-state index contributed by atoms with van der Waals surface area (Å²) in [6.45, 7) is 18.3. The molecular formula is C15H28. The molecule has 0 aromatic heterocycles. The summed E-state index contributed by atoms with van der Waals surface area (Å²) in [6.07, 6.45) is 4.85. The molecule has 1 saturated carbocycles. The lowest BCUT2D eigenvalue weighted by atomic mass is 9.77. The molecule has 0 bridgehead atoms. The second kappa shape index (κ2) is 3.96. The average molecular weight is 208 g/mol. The molecule has 0 aliphatic heterocycles. The highest BCUT2D eigenvalue weighted by atomic mass is 14.7. The lowest BCUT2D eigenvalue weighted by Gasteiger charge is -2.27. The first-order chi connectivity index (χ1) is 6.82. The monoisotopic (exact) mass is 208 g/mol. The number of hydrogen-bond donors (Lipinski definition) is 0. The molecule has 3 atom stereocenters. The molecule has 1 fully saturated rings. The molecule has 0 heteroatoms. The Morgan fingerprint density at radius 3 is 2.07 bits per heavy atom. The van der Waals surface area contributed by atoms with Crippen molar-refractivity contribution in [2.75, 3.05) is 0 Å². The van der Waals surface area contributed by atoms with E-state index in [0.717, 1.165) is 11.8 Å². The van der Waals surface area contributed by atoms with Gasteiger partial charge in [-0.1, -0.05) is 54.0 Å². The van der Waals surface area contributed by atoms with E-state index in [-0.39, 0.29) is 0 Å². The molecule has 0 aromatic carbocycles. The fourth-order valence-corrected chi connectivity index (χ4v) is 3.78. The smallest absolute Gasteiger partial charge is 0.0117 e. The van der Waals surface area contributed by atoms with Crippen molar-refractivity contribution in [2.45, 2.75) is 54.4 Å². The van der Waals surface area contributed by atoms with Crippen molar-refractivity contribution in [2.24, 2.45) is 28.6 Å². The SMILES string of the molecule is C=CC1C(C)(C)C1(C)C(CC)CC(C)C. The van der Waals surface area contributed by atoms with Crippen molar-refractivity contribution in [3.05, 3.63) is 12.7 Å². The molecule has 15 heavy (non-hydrogen) atoms. The summed E-state index contributed by atoms with van der Waals surface area (Å²) < 4.78 is 0. The number of rotatable bonds is 5. The molecule has 0 amide bonds. The van der Waals surface area contributed by atoms with Crippen molar-refractivity contribution in [1.82, 2.24) is 0 Å². The van der Waals surface area contributed by atoms with Crippen molar-refractivity contribution >= 4 is 0 Å². The second-order valence-corrected chi connectivity index (χ2v) is 6.45. The lowest BCUT2D eigenvalue weighted by molar-refractivity contribution is 0.219. The molecule has 0 nitrogen and oxygen atoms in total. The van der Waals surface area contributed by atoms with Gasteiger partial charge in [-0.3, -0.25) is 0 Å². The summed E-state index contributed by atoms with van der Waals surface area (Å²) in [5.74, 6) is 2.39. The summed E-state index contributed by atoms with van der Waals surface area (Å²) in [7, 11) is 0. The van der Waals surface area contributed by atoms with Crippen LogP contribution in [0.3, 0.4) is 0 Å². The van der Waals surface area contributed by atoms with Crippen LogP contribution in [-0.2, 0) is 0 Å². The molecule has 1 aliphatic carbocycles. The van der Waals surface area contributed by atoms with E-state index in [1.165, 1.54) is 12.8 Å². The van der Waals surface area contributed by atoms with Crippen LogP contribution in [0.2, 0.25) is 0 Å². The molecule has 0 N–H and O–H groups in total. The van der Waals surface area contributed by atoms with Crippen LogP contribution in [-0.4, -0.2) is 0 Å². The molecule has 3 unspecified atom stereocenters. The van der Waals surface area contributed by atoms with Gasteiger partial charge < -0.3 is 0 Å². The molecule has 1 aliphatic rings. The van der Waals surface area contributed by atoms with E-state index < -0.39 is 0 Å². The maximum Gasteiger partial charge on any atom is -0.0117 e. The van der Waals surface area contributed by atoms with E-state index in [9.17, 15) is 0 Å². The van der Waals surface area contributed by atoms with E-state index in [2.05, 4.69) is 54.2 Å². The molecule has 0 spiro atoms. The van der Waals surface area contributed by atoms with Crippen LogP contribution in [0.15, 0.2) is 12.7 Å². The third kappa shape index (κ3) is 1.77. The second-order valence-electron chi connectivity index (χ2n) is 6.45. The summed E-state index contributed by atoms with van der Waals surface area (Å²) in [6, 6.07) is 0. The van der Waals surface area contributed by atoms with Gasteiger partial charge in [0.25, 0.3) is 0 Å². The number of allylic oxidation sites excluding steroid dienone is 1. The molecule has 0 heterocycles. The maximum atomic E-state index is 4.01. The fourth-order valence-electron chi connectivity index (χ4n) is 3.78. The van der Waals surface area contributed by atoms with Gasteiger partial charge in [0, 0.05) is 0 Å². The predicted molar refractivity (Wildman–Crippen MR) is 68.8 cm³/mol. The first-order valence-electron chi connectivity index (χ1n) is 6.44. The van der Waals surface area contributed by atoms with Crippen molar-refractivity contribution in [3.8, 4) is 0 Å². The summed E-state index contributed by atoms with van der Waals surface area (Å²) in [5, 5.41) is 0. The molecule has 1 rings (SSSR count). The minimum absolute atomic E-state index is 0.463. The Morgan fingerprint density at radius 1 is 1.27 bits per heavy atom. The predicted octanol–water partition coefficient (Wildman–Crippen LogP) is 4.91. The van der Waals surface area contributed by atoms with E-state index >= 15 is 0 Å². The van der Waals surface area contributed by atoms with Gasteiger partial charge in [-0.2, -0.15) is 0 Å². The van der Waals surface area contributed by atoms with Gasteiger partial charge in [0.2, 0.25) is 0 Å².